The lowest BCUT2D eigenvalue weighted by Gasteiger charge is -2.56. The van der Waals surface area contributed by atoms with E-state index in [0.29, 0.717) is 5.13 Å². The predicted octanol–water partition coefficient (Wildman–Crippen LogP) is 2.69. The van der Waals surface area contributed by atoms with Gasteiger partial charge in [0.1, 0.15) is 6.42 Å². The summed E-state index contributed by atoms with van der Waals surface area (Å²) in [6.45, 7) is 0. The molecule has 124 valence electrons. The minimum absolute atomic E-state index is 0.150. The fourth-order valence-corrected chi connectivity index (χ4v) is 6.25. The minimum Gasteiger partial charge on any atom is -0.359 e. The average Bonchev–Trinajstić information content (AvgIpc) is 2.94. The number of amides is 2. The highest BCUT2D eigenvalue weighted by Gasteiger charge is 2.52. The maximum Gasteiger partial charge on any atom is 0.235 e. The summed E-state index contributed by atoms with van der Waals surface area (Å²) in [5.41, 5.74) is 1.44. The van der Waals surface area contributed by atoms with Gasteiger partial charge in [-0.2, -0.15) is 0 Å². The van der Waals surface area contributed by atoms with Gasteiger partial charge in [0, 0.05) is 17.8 Å². The van der Waals surface area contributed by atoms with E-state index in [1.165, 1.54) is 62.6 Å². The topological polar surface area (TPSA) is 71.1 Å². The number of thiazole rings is 1. The van der Waals surface area contributed by atoms with Crippen LogP contribution in [0.15, 0.2) is 5.38 Å². The molecule has 1 aromatic rings. The van der Waals surface area contributed by atoms with Crippen molar-refractivity contribution in [2.45, 2.75) is 50.4 Å². The van der Waals surface area contributed by atoms with Crippen molar-refractivity contribution in [1.29, 1.82) is 0 Å². The lowest BCUT2D eigenvalue weighted by molar-refractivity contribution is -0.126. The summed E-state index contributed by atoms with van der Waals surface area (Å²) in [6, 6.07) is 0. The molecule has 0 aliphatic heterocycles. The highest BCUT2D eigenvalue weighted by Crippen LogP contribution is 2.60. The molecule has 2 amide bonds. The standard InChI is InChI=1S/C17H23N3O2S/c1-18-14(21)5-15(22)20-16-19-13(9-23-16)17-6-10-2-11(7-17)4-12(3-10)8-17/h9-12H,2-8H2,1H3,(H,18,21)(H,19,20,22). The number of hydrogen-bond acceptors (Lipinski definition) is 4. The summed E-state index contributed by atoms with van der Waals surface area (Å²) in [5.74, 6) is 2.08. The molecule has 4 fully saturated rings. The first kappa shape index (κ1) is 15.1. The number of hydrogen-bond donors (Lipinski definition) is 2. The Morgan fingerprint density at radius 2 is 1.78 bits per heavy atom. The van der Waals surface area contributed by atoms with E-state index >= 15 is 0 Å². The molecule has 0 saturated heterocycles. The highest BCUT2D eigenvalue weighted by atomic mass is 32.1. The van der Waals surface area contributed by atoms with Gasteiger partial charge in [0.05, 0.1) is 5.69 Å². The van der Waals surface area contributed by atoms with Crippen molar-refractivity contribution >= 4 is 28.3 Å². The quantitative estimate of drug-likeness (QED) is 0.832. The molecule has 0 aromatic carbocycles. The van der Waals surface area contributed by atoms with E-state index in [0.717, 1.165) is 17.8 Å². The predicted molar refractivity (Wildman–Crippen MR) is 89.3 cm³/mol. The third kappa shape index (κ3) is 2.77. The maximum absolute atomic E-state index is 11.8. The summed E-state index contributed by atoms with van der Waals surface area (Å²) >= 11 is 1.49. The SMILES string of the molecule is CNC(=O)CC(=O)Nc1nc(C23CC4CC(CC(C4)C2)C3)cs1. The number of anilines is 1. The summed E-state index contributed by atoms with van der Waals surface area (Å²) < 4.78 is 0. The normalized spacial score (nSPS) is 34.4. The second-order valence-corrected chi connectivity index (χ2v) is 8.49. The molecule has 2 N–H and O–H groups in total. The van der Waals surface area contributed by atoms with Gasteiger partial charge >= 0.3 is 0 Å². The Bertz CT molecular complexity index is 604. The summed E-state index contributed by atoms with van der Waals surface area (Å²) in [4.78, 5) is 27.8. The Morgan fingerprint density at radius 1 is 1.17 bits per heavy atom. The molecular formula is C17H23N3O2S. The van der Waals surface area contributed by atoms with Crippen LogP contribution in [0.4, 0.5) is 5.13 Å². The van der Waals surface area contributed by atoms with Crippen LogP contribution in [0.25, 0.3) is 0 Å². The number of nitrogens with one attached hydrogen (secondary N) is 2. The first-order chi connectivity index (χ1) is 11.1. The van der Waals surface area contributed by atoms with E-state index in [1.54, 1.807) is 0 Å². The Balaban J connectivity index is 1.48. The molecule has 23 heavy (non-hydrogen) atoms. The lowest BCUT2D eigenvalue weighted by Crippen LogP contribution is -2.48. The van der Waals surface area contributed by atoms with Gasteiger partial charge in [-0.1, -0.05) is 0 Å². The number of carbonyl (C=O) groups excluding carboxylic acids is 2. The third-order valence-corrected chi connectivity index (χ3v) is 6.69. The number of aromatic nitrogens is 1. The zero-order chi connectivity index (χ0) is 16.0. The first-order valence-corrected chi connectivity index (χ1v) is 9.41. The van der Waals surface area contributed by atoms with Gasteiger partial charge in [-0.15, -0.1) is 11.3 Å². The van der Waals surface area contributed by atoms with Crippen molar-refractivity contribution in [3.63, 3.8) is 0 Å². The number of rotatable bonds is 4. The van der Waals surface area contributed by atoms with E-state index in [1.807, 2.05) is 0 Å². The van der Waals surface area contributed by atoms with Gasteiger partial charge in [0.2, 0.25) is 11.8 Å². The largest absolute Gasteiger partial charge is 0.359 e. The van der Waals surface area contributed by atoms with Crippen LogP contribution in [-0.4, -0.2) is 23.8 Å². The first-order valence-electron chi connectivity index (χ1n) is 8.53. The Kier molecular flexibility index (Phi) is 3.67. The molecule has 4 saturated carbocycles. The van der Waals surface area contributed by atoms with Crippen molar-refractivity contribution < 1.29 is 9.59 Å². The molecule has 6 heteroatoms. The lowest BCUT2D eigenvalue weighted by atomic mass is 9.49. The van der Waals surface area contributed by atoms with Gasteiger partial charge in [-0.05, 0) is 56.3 Å². The van der Waals surface area contributed by atoms with Crippen molar-refractivity contribution in [1.82, 2.24) is 10.3 Å². The smallest absolute Gasteiger partial charge is 0.235 e. The summed E-state index contributed by atoms with van der Waals surface area (Å²) in [6.07, 6.45) is 7.91. The Morgan fingerprint density at radius 3 is 2.35 bits per heavy atom. The van der Waals surface area contributed by atoms with Gasteiger partial charge < -0.3 is 10.6 Å². The van der Waals surface area contributed by atoms with Crippen LogP contribution < -0.4 is 10.6 Å². The molecular weight excluding hydrogens is 310 g/mol. The van der Waals surface area contributed by atoms with E-state index in [-0.39, 0.29) is 23.7 Å². The zero-order valence-corrected chi connectivity index (χ0v) is 14.2. The number of carbonyl (C=O) groups is 2. The Labute approximate surface area is 140 Å². The molecule has 4 aliphatic carbocycles. The number of nitrogens with zero attached hydrogens (tertiary/aromatic N) is 1. The van der Waals surface area contributed by atoms with Crippen LogP contribution in [0, 0.1) is 17.8 Å². The second-order valence-electron chi connectivity index (χ2n) is 7.63. The second kappa shape index (κ2) is 5.58. The molecule has 4 aliphatic rings. The van der Waals surface area contributed by atoms with E-state index in [4.69, 9.17) is 4.98 Å². The maximum atomic E-state index is 11.8. The molecule has 1 aromatic heterocycles. The molecule has 4 bridgehead atoms. The van der Waals surface area contributed by atoms with Crippen LogP contribution in [-0.2, 0) is 15.0 Å². The highest BCUT2D eigenvalue weighted by molar-refractivity contribution is 7.14. The van der Waals surface area contributed by atoms with Crippen molar-refractivity contribution in [2.24, 2.45) is 17.8 Å². The average molecular weight is 333 g/mol. The molecule has 0 radical (unpaired) electrons. The van der Waals surface area contributed by atoms with Crippen LogP contribution in [0.2, 0.25) is 0 Å². The molecule has 1 heterocycles. The third-order valence-electron chi connectivity index (χ3n) is 5.93. The monoisotopic (exact) mass is 333 g/mol. The van der Waals surface area contributed by atoms with Crippen molar-refractivity contribution in [2.75, 3.05) is 12.4 Å². The molecule has 0 atom stereocenters. The van der Waals surface area contributed by atoms with Gasteiger partial charge in [0.25, 0.3) is 0 Å². The van der Waals surface area contributed by atoms with Crippen LogP contribution in [0.1, 0.15) is 50.6 Å². The van der Waals surface area contributed by atoms with Gasteiger partial charge in [-0.3, -0.25) is 9.59 Å². The van der Waals surface area contributed by atoms with Crippen molar-refractivity contribution in [3.8, 4) is 0 Å². The Hall–Kier alpha value is -1.43. The molecule has 0 spiro atoms. The fraction of sp³-hybridized carbons (Fsp3) is 0.706. The van der Waals surface area contributed by atoms with E-state index in [2.05, 4.69) is 16.0 Å². The minimum atomic E-state index is -0.296. The van der Waals surface area contributed by atoms with Gasteiger partial charge in [0.15, 0.2) is 5.13 Å². The van der Waals surface area contributed by atoms with E-state index in [9.17, 15) is 9.59 Å². The van der Waals surface area contributed by atoms with Crippen LogP contribution in [0.5, 0.6) is 0 Å². The van der Waals surface area contributed by atoms with Gasteiger partial charge in [-0.25, -0.2) is 4.98 Å². The summed E-state index contributed by atoms with van der Waals surface area (Å²) in [7, 11) is 1.53. The van der Waals surface area contributed by atoms with E-state index < -0.39 is 0 Å². The van der Waals surface area contributed by atoms with Crippen molar-refractivity contribution in [3.05, 3.63) is 11.1 Å². The molecule has 5 rings (SSSR count). The van der Waals surface area contributed by atoms with Crippen LogP contribution in [0.3, 0.4) is 0 Å². The summed E-state index contributed by atoms with van der Waals surface area (Å²) in [5, 5.41) is 7.98. The molecule has 0 unspecified atom stereocenters. The molecule has 5 nitrogen and oxygen atoms in total. The fourth-order valence-electron chi connectivity index (χ4n) is 5.40. The zero-order valence-electron chi connectivity index (χ0n) is 13.4. The van der Waals surface area contributed by atoms with Crippen LogP contribution >= 0.6 is 11.3 Å².